The molecular weight excluding hydrogens is 333 g/mol. The van der Waals surface area contributed by atoms with Gasteiger partial charge in [0, 0.05) is 28.8 Å². The van der Waals surface area contributed by atoms with Crippen molar-refractivity contribution >= 4 is 37.2 Å². The molecule has 116 valence electrons. The summed E-state index contributed by atoms with van der Waals surface area (Å²) < 4.78 is 23.0. The summed E-state index contributed by atoms with van der Waals surface area (Å²) in [6, 6.07) is 4.36. The molecule has 7 heteroatoms. The molecule has 1 fully saturated rings. The van der Waals surface area contributed by atoms with Gasteiger partial charge in [0.25, 0.3) is 15.0 Å². The molecule has 0 N–H and O–H groups in total. The molecule has 0 radical (unpaired) electrons. The van der Waals surface area contributed by atoms with E-state index in [1.807, 2.05) is 0 Å². The number of likely N-dealkylation sites (tertiary alicyclic amines) is 1. The predicted molar refractivity (Wildman–Crippen MR) is 83.4 cm³/mol. The van der Waals surface area contributed by atoms with Gasteiger partial charge < -0.3 is 4.90 Å². The number of hydrogen-bond acceptors (Lipinski definition) is 3. The molecule has 0 spiro atoms. The second-order valence-electron chi connectivity index (χ2n) is 5.54. The first-order chi connectivity index (χ1) is 9.71. The topological polar surface area (TPSA) is 54.5 Å². The molecule has 0 aromatic heterocycles. The molecule has 1 unspecified atom stereocenters. The SMILES string of the molecule is CC(C)C1CCCN1C(=O)c1ccc(Cl)c(S(=O)(=O)Cl)c1. The molecule has 0 aliphatic carbocycles. The molecule has 0 bridgehead atoms. The standard InChI is InChI=1S/C14H17Cl2NO3S/c1-9(2)12-4-3-7-17(12)14(18)10-5-6-11(15)13(8-10)21(16,19)20/h5-6,8-9,12H,3-4,7H2,1-2H3. The Morgan fingerprint density at radius 1 is 1.38 bits per heavy atom. The molecule has 4 nitrogen and oxygen atoms in total. The van der Waals surface area contributed by atoms with Gasteiger partial charge in [0.15, 0.2) is 0 Å². The Bertz CT molecular complexity index is 658. The van der Waals surface area contributed by atoms with Gasteiger partial charge in [0.1, 0.15) is 4.90 Å². The maximum atomic E-state index is 12.6. The zero-order valence-corrected chi connectivity index (χ0v) is 14.2. The first kappa shape index (κ1) is 16.6. The Kier molecular flexibility index (Phi) is 4.85. The molecule has 21 heavy (non-hydrogen) atoms. The van der Waals surface area contributed by atoms with Crippen LogP contribution < -0.4 is 0 Å². The van der Waals surface area contributed by atoms with Gasteiger partial charge in [-0.2, -0.15) is 0 Å². The summed E-state index contributed by atoms with van der Waals surface area (Å²) in [6.07, 6.45) is 1.93. The number of hydrogen-bond donors (Lipinski definition) is 0. The number of benzene rings is 1. The van der Waals surface area contributed by atoms with Crippen molar-refractivity contribution in [3.05, 3.63) is 28.8 Å². The zero-order chi connectivity index (χ0) is 15.8. The summed E-state index contributed by atoms with van der Waals surface area (Å²) in [7, 11) is 1.37. The fraction of sp³-hybridized carbons (Fsp3) is 0.500. The Labute approximate surface area is 134 Å². The highest BCUT2D eigenvalue weighted by atomic mass is 35.7. The monoisotopic (exact) mass is 349 g/mol. The van der Waals surface area contributed by atoms with E-state index in [0.29, 0.717) is 18.0 Å². The van der Waals surface area contributed by atoms with Crippen LogP contribution >= 0.6 is 22.3 Å². The number of amides is 1. The van der Waals surface area contributed by atoms with Crippen molar-refractivity contribution in [1.82, 2.24) is 4.90 Å². The summed E-state index contributed by atoms with van der Waals surface area (Å²) in [4.78, 5) is 14.2. The number of halogens is 2. The maximum Gasteiger partial charge on any atom is 0.262 e. The number of carbonyl (C=O) groups excluding carboxylic acids is 1. The summed E-state index contributed by atoms with van der Waals surface area (Å²) in [5, 5.41) is 0.0170. The van der Waals surface area contributed by atoms with E-state index in [2.05, 4.69) is 13.8 Å². The fourth-order valence-electron chi connectivity index (χ4n) is 2.73. The minimum Gasteiger partial charge on any atom is -0.335 e. The van der Waals surface area contributed by atoms with Crippen LogP contribution in [0.1, 0.15) is 37.0 Å². The van der Waals surface area contributed by atoms with Crippen LogP contribution in [0.2, 0.25) is 5.02 Å². The Balaban J connectivity index is 2.36. The number of nitrogens with zero attached hydrogens (tertiary/aromatic N) is 1. The third-order valence-corrected chi connectivity index (χ3v) is 5.57. The molecule has 0 saturated carbocycles. The second-order valence-corrected chi connectivity index (χ2v) is 8.48. The highest BCUT2D eigenvalue weighted by molar-refractivity contribution is 8.13. The average molecular weight is 350 g/mol. The van der Waals surface area contributed by atoms with Crippen molar-refractivity contribution in [2.75, 3.05) is 6.54 Å². The molecule has 1 heterocycles. The molecule has 1 aliphatic heterocycles. The highest BCUT2D eigenvalue weighted by Crippen LogP contribution is 2.29. The molecule has 1 aromatic rings. The minimum atomic E-state index is -3.97. The van der Waals surface area contributed by atoms with Crippen LogP contribution in [0, 0.1) is 5.92 Å². The molecule has 1 saturated heterocycles. The van der Waals surface area contributed by atoms with Gasteiger partial charge in [-0.15, -0.1) is 0 Å². The molecule has 1 aliphatic rings. The van der Waals surface area contributed by atoms with Crippen LogP contribution in [0.15, 0.2) is 23.1 Å². The predicted octanol–water partition coefficient (Wildman–Crippen LogP) is 3.53. The van der Waals surface area contributed by atoms with Crippen LogP contribution in [-0.4, -0.2) is 31.8 Å². The lowest BCUT2D eigenvalue weighted by molar-refractivity contribution is 0.0701. The van der Waals surface area contributed by atoms with Crippen LogP contribution in [0.5, 0.6) is 0 Å². The fourth-order valence-corrected chi connectivity index (χ4v) is 4.22. The smallest absolute Gasteiger partial charge is 0.262 e. The van der Waals surface area contributed by atoms with Crippen molar-refractivity contribution in [2.45, 2.75) is 37.6 Å². The Hall–Kier alpha value is -0.780. The van der Waals surface area contributed by atoms with E-state index in [1.54, 1.807) is 4.90 Å². The first-order valence-electron chi connectivity index (χ1n) is 6.77. The normalized spacial score (nSPS) is 19.3. The quantitative estimate of drug-likeness (QED) is 0.784. The van der Waals surface area contributed by atoms with Crippen molar-refractivity contribution in [1.29, 1.82) is 0 Å². The lowest BCUT2D eigenvalue weighted by Gasteiger charge is -2.27. The number of carbonyl (C=O) groups is 1. The van der Waals surface area contributed by atoms with Crippen LogP contribution in [0.3, 0.4) is 0 Å². The van der Waals surface area contributed by atoms with E-state index in [9.17, 15) is 13.2 Å². The lowest BCUT2D eigenvalue weighted by atomic mass is 10.0. The highest BCUT2D eigenvalue weighted by Gasteiger charge is 2.32. The molecule has 1 atom stereocenters. The zero-order valence-electron chi connectivity index (χ0n) is 11.8. The average Bonchev–Trinajstić information content (AvgIpc) is 2.86. The van der Waals surface area contributed by atoms with Gasteiger partial charge >= 0.3 is 0 Å². The van der Waals surface area contributed by atoms with Gasteiger partial charge in [-0.25, -0.2) is 8.42 Å². The van der Waals surface area contributed by atoms with Gasteiger partial charge in [-0.1, -0.05) is 25.4 Å². The van der Waals surface area contributed by atoms with E-state index in [0.717, 1.165) is 12.8 Å². The van der Waals surface area contributed by atoms with Crippen LogP contribution in [0.4, 0.5) is 0 Å². The van der Waals surface area contributed by atoms with Crippen LogP contribution in [0.25, 0.3) is 0 Å². The summed E-state index contributed by atoms with van der Waals surface area (Å²) in [5.41, 5.74) is 0.297. The van der Waals surface area contributed by atoms with E-state index in [1.165, 1.54) is 18.2 Å². The van der Waals surface area contributed by atoms with Gasteiger partial charge in [-0.3, -0.25) is 4.79 Å². The van der Waals surface area contributed by atoms with Crippen molar-refractivity contribution < 1.29 is 13.2 Å². The van der Waals surface area contributed by atoms with E-state index in [4.69, 9.17) is 22.3 Å². The Morgan fingerprint density at radius 3 is 2.62 bits per heavy atom. The van der Waals surface area contributed by atoms with Gasteiger partial charge in [-0.05, 0) is 37.0 Å². The molecule has 1 aromatic carbocycles. The summed E-state index contributed by atoms with van der Waals surface area (Å²) in [6.45, 7) is 4.84. The first-order valence-corrected chi connectivity index (χ1v) is 9.45. The summed E-state index contributed by atoms with van der Waals surface area (Å²) >= 11 is 5.84. The third-order valence-electron chi connectivity index (χ3n) is 3.77. The van der Waals surface area contributed by atoms with Crippen molar-refractivity contribution in [3.8, 4) is 0 Å². The maximum absolute atomic E-state index is 12.6. The van der Waals surface area contributed by atoms with E-state index >= 15 is 0 Å². The Morgan fingerprint density at radius 2 is 2.05 bits per heavy atom. The molecule has 2 rings (SSSR count). The van der Waals surface area contributed by atoms with Gasteiger partial charge in [0.05, 0.1) is 5.02 Å². The van der Waals surface area contributed by atoms with E-state index in [-0.39, 0.29) is 21.9 Å². The number of rotatable bonds is 3. The molecular formula is C14H17Cl2NO3S. The largest absolute Gasteiger partial charge is 0.335 e. The van der Waals surface area contributed by atoms with Gasteiger partial charge in [0.2, 0.25) is 0 Å². The van der Waals surface area contributed by atoms with Crippen molar-refractivity contribution in [2.24, 2.45) is 5.92 Å². The summed E-state index contributed by atoms with van der Waals surface area (Å²) in [5.74, 6) is 0.185. The van der Waals surface area contributed by atoms with E-state index < -0.39 is 9.05 Å². The molecule has 1 amide bonds. The lowest BCUT2D eigenvalue weighted by Crippen LogP contribution is -2.38. The van der Waals surface area contributed by atoms with Crippen LogP contribution in [-0.2, 0) is 9.05 Å². The van der Waals surface area contributed by atoms with Crippen molar-refractivity contribution in [3.63, 3.8) is 0 Å². The third kappa shape index (κ3) is 3.52. The second kappa shape index (κ2) is 6.15. The minimum absolute atomic E-state index is 0.0170.